The summed E-state index contributed by atoms with van der Waals surface area (Å²) in [6.45, 7) is 1.02. The number of oxazole rings is 1. The maximum atomic E-state index is 13.7. The van der Waals surface area contributed by atoms with Gasteiger partial charge >= 0.3 is 5.97 Å². The number of hydrogen-bond donors (Lipinski definition) is 2. The van der Waals surface area contributed by atoms with Gasteiger partial charge in [-0.05, 0) is 80.5 Å². The lowest BCUT2D eigenvalue weighted by Crippen LogP contribution is -2.48. The van der Waals surface area contributed by atoms with Crippen LogP contribution >= 0.6 is 0 Å². The molecule has 5 rings (SSSR count). The predicted molar refractivity (Wildman–Crippen MR) is 150 cm³/mol. The number of carbonyl (C=O) groups is 2. The van der Waals surface area contributed by atoms with Gasteiger partial charge in [-0.25, -0.2) is 4.39 Å². The summed E-state index contributed by atoms with van der Waals surface area (Å²) in [4.78, 5) is 36.8. The standard InChI is InChI=1S/C30H37FN4O6/c1-34(39-2)17-23-10-11-24(18-40-25-12-4-20(5-13-25)29(37)38)35(23)28(36)16-19-3-14-26-27(15-19)41-30(33-26)32-22-8-6-21(31)7-9-22/h3,6-9,14-15,20,23-25H,4-5,10-13,16-18H2,1-2H3,(H,32,33)(H,37,38)/t20?,23-,24-,25?/m0/s1. The second-order valence-electron chi connectivity index (χ2n) is 11.0. The molecule has 1 saturated heterocycles. The molecule has 3 aromatic rings. The Morgan fingerprint density at radius 2 is 1.83 bits per heavy atom. The minimum Gasteiger partial charge on any atom is -0.481 e. The fourth-order valence-electron chi connectivity index (χ4n) is 5.86. The van der Waals surface area contributed by atoms with E-state index in [0.717, 1.165) is 31.2 Å². The number of carboxylic acids is 1. The number of aliphatic carboxylic acids is 1. The molecule has 2 aromatic carbocycles. The molecule has 41 heavy (non-hydrogen) atoms. The van der Waals surface area contributed by atoms with E-state index in [2.05, 4.69) is 10.3 Å². The summed E-state index contributed by atoms with van der Waals surface area (Å²) in [5.41, 5.74) is 2.66. The Kier molecular flexibility index (Phi) is 9.16. The molecule has 2 N–H and O–H groups in total. The first-order chi connectivity index (χ1) is 19.8. The molecule has 1 saturated carbocycles. The van der Waals surface area contributed by atoms with Crippen LogP contribution in [0.1, 0.15) is 44.1 Å². The molecule has 1 aliphatic carbocycles. The fourth-order valence-corrected chi connectivity index (χ4v) is 5.86. The molecule has 2 heterocycles. The van der Waals surface area contributed by atoms with Gasteiger partial charge in [0.2, 0.25) is 5.91 Å². The first-order valence-corrected chi connectivity index (χ1v) is 14.1. The quantitative estimate of drug-likeness (QED) is 0.316. The molecule has 2 atom stereocenters. The van der Waals surface area contributed by atoms with Crippen molar-refractivity contribution in [3.05, 3.63) is 53.8 Å². The van der Waals surface area contributed by atoms with Gasteiger partial charge in [0.25, 0.3) is 6.01 Å². The van der Waals surface area contributed by atoms with Crippen molar-refractivity contribution in [2.24, 2.45) is 5.92 Å². The van der Waals surface area contributed by atoms with Crippen LogP contribution in [0.4, 0.5) is 16.1 Å². The van der Waals surface area contributed by atoms with Gasteiger partial charge in [-0.2, -0.15) is 10.0 Å². The Morgan fingerprint density at radius 1 is 1.10 bits per heavy atom. The largest absolute Gasteiger partial charge is 0.481 e. The number of likely N-dealkylation sites (tertiary alicyclic amines) is 1. The number of hydrogen-bond acceptors (Lipinski definition) is 8. The van der Waals surface area contributed by atoms with Crippen molar-refractivity contribution in [2.45, 2.75) is 63.1 Å². The van der Waals surface area contributed by atoms with Crippen molar-refractivity contribution in [2.75, 3.05) is 32.6 Å². The smallest absolute Gasteiger partial charge is 0.306 e. The summed E-state index contributed by atoms with van der Waals surface area (Å²) < 4.78 is 25.3. The molecule has 2 fully saturated rings. The number of carboxylic acid groups (broad SMARTS) is 1. The summed E-state index contributed by atoms with van der Waals surface area (Å²) in [6.07, 6.45) is 4.60. The van der Waals surface area contributed by atoms with Crippen LogP contribution in [0.5, 0.6) is 0 Å². The zero-order valence-electron chi connectivity index (χ0n) is 23.4. The van der Waals surface area contributed by atoms with Gasteiger partial charge in [0.1, 0.15) is 11.3 Å². The molecule has 10 nitrogen and oxygen atoms in total. The van der Waals surface area contributed by atoms with Gasteiger partial charge in [-0.1, -0.05) is 6.07 Å². The molecule has 1 aliphatic heterocycles. The number of rotatable bonds is 11. The van der Waals surface area contributed by atoms with Gasteiger partial charge in [0.15, 0.2) is 5.58 Å². The van der Waals surface area contributed by atoms with Crippen LogP contribution in [0.25, 0.3) is 11.1 Å². The van der Waals surface area contributed by atoms with E-state index in [1.165, 1.54) is 12.1 Å². The van der Waals surface area contributed by atoms with Crippen molar-refractivity contribution in [3.63, 3.8) is 0 Å². The van der Waals surface area contributed by atoms with Gasteiger partial charge in [0.05, 0.1) is 38.2 Å². The van der Waals surface area contributed by atoms with E-state index in [0.29, 0.717) is 42.8 Å². The summed E-state index contributed by atoms with van der Waals surface area (Å²) in [5, 5.41) is 14.0. The van der Waals surface area contributed by atoms with Crippen molar-refractivity contribution in [1.82, 2.24) is 14.9 Å². The molecule has 0 unspecified atom stereocenters. The molecule has 0 bridgehead atoms. The third kappa shape index (κ3) is 7.22. The SMILES string of the molecule is CON(C)C[C@@H]1CC[C@@H](COC2CCC(C(=O)O)CC2)N1C(=O)Cc1ccc2nc(Nc3ccc(F)cc3)oc2c1. The lowest BCUT2D eigenvalue weighted by atomic mass is 9.87. The Bertz CT molecular complexity index is 1340. The van der Waals surface area contributed by atoms with Gasteiger partial charge < -0.3 is 29.3 Å². The Balaban J connectivity index is 1.24. The molecule has 2 aliphatic rings. The normalized spacial score (nSPS) is 22.9. The number of fused-ring (bicyclic) bond motifs is 1. The van der Waals surface area contributed by atoms with Crippen molar-refractivity contribution >= 4 is 34.7 Å². The summed E-state index contributed by atoms with van der Waals surface area (Å²) in [7, 11) is 3.46. The number of halogens is 1. The van der Waals surface area contributed by atoms with Crippen molar-refractivity contribution in [1.29, 1.82) is 0 Å². The maximum Gasteiger partial charge on any atom is 0.306 e. The van der Waals surface area contributed by atoms with Gasteiger partial charge in [0, 0.05) is 25.3 Å². The predicted octanol–water partition coefficient (Wildman–Crippen LogP) is 4.77. The number of anilines is 2. The Hall–Kier alpha value is -3.54. The van der Waals surface area contributed by atoms with E-state index < -0.39 is 5.97 Å². The van der Waals surface area contributed by atoms with Crippen molar-refractivity contribution in [3.8, 4) is 0 Å². The van der Waals surface area contributed by atoms with Crippen LogP contribution < -0.4 is 5.32 Å². The lowest BCUT2D eigenvalue weighted by molar-refractivity contribution is -0.146. The van der Waals surface area contributed by atoms with Crippen LogP contribution in [-0.2, 0) is 25.6 Å². The minimum absolute atomic E-state index is 0.00344. The molecule has 1 amide bonds. The van der Waals surface area contributed by atoms with Crippen LogP contribution in [0.3, 0.4) is 0 Å². The minimum atomic E-state index is -0.731. The molecule has 0 radical (unpaired) electrons. The molecule has 11 heteroatoms. The molecular formula is C30H37FN4O6. The summed E-state index contributed by atoms with van der Waals surface area (Å²) in [5.74, 6) is -1.34. The van der Waals surface area contributed by atoms with Crippen molar-refractivity contribution < 1.29 is 33.1 Å². The first kappa shape index (κ1) is 29.0. The second-order valence-corrected chi connectivity index (χ2v) is 11.0. The number of amides is 1. The average Bonchev–Trinajstić information content (AvgIpc) is 3.56. The zero-order valence-corrected chi connectivity index (χ0v) is 23.4. The Morgan fingerprint density at radius 3 is 2.54 bits per heavy atom. The Labute approximate surface area is 238 Å². The van der Waals surface area contributed by atoms with Crippen LogP contribution in [0.2, 0.25) is 0 Å². The third-order valence-corrected chi connectivity index (χ3v) is 8.14. The van der Waals surface area contributed by atoms with Crippen LogP contribution in [-0.4, -0.2) is 77.4 Å². The number of ether oxygens (including phenoxy) is 1. The topological polar surface area (TPSA) is 117 Å². The van der Waals surface area contributed by atoms with E-state index in [-0.39, 0.29) is 48.3 Å². The zero-order chi connectivity index (χ0) is 28.9. The highest BCUT2D eigenvalue weighted by Gasteiger charge is 2.38. The van der Waals surface area contributed by atoms with E-state index in [4.69, 9.17) is 14.0 Å². The van der Waals surface area contributed by atoms with Crippen LogP contribution in [0.15, 0.2) is 46.9 Å². The molecule has 0 spiro atoms. The molecule has 220 valence electrons. The second kappa shape index (κ2) is 13.0. The highest BCUT2D eigenvalue weighted by atomic mass is 19.1. The third-order valence-electron chi connectivity index (χ3n) is 8.14. The fraction of sp³-hybridized carbons (Fsp3) is 0.500. The first-order valence-electron chi connectivity index (χ1n) is 14.1. The lowest BCUT2D eigenvalue weighted by Gasteiger charge is -2.34. The number of likely N-dealkylation sites (N-methyl/N-ethyl adjacent to an activating group) is 1. The monoisotopic (exact) mass is 568 g/mol. The van der Waals surface area contributed by atoms with E-state index >= 15 is 0 Å². The number of hydroxylamine groups is 2. The average molecular weight is 569 g/mol. The molecular weight excluding hydrogens is 531 g/mol. The number of nitrogens with one attached hydrogen (secondary N) is 1. The highest BCUT2D eigenvalue weighted by molar-refractivity contribution is 5.82. The van der Waals surface area contributed by atoms with E-state index in [1.54, 1.807) is 24.3 Å². The van der Waals surface area contributed by atoms with E-state index in [1.807, 2.05) is 30.1 Å². The van der Waals surface area contributed by atoms with E-state index in [9.17, 15) is 19.1 Å². The maximum absolute atomic E-state index is 13.7. The number of carbonyl (C=O) groups excluding carboxylic acids is 1. The highest BCUT2D eigenvalue weighted by Crippen LogP contribution is 2.31. The molecule has 1 aromatic heterocycles. The number of benzene rings is 2. The van der Waals surface area contributed by atoms with Gasteiger partial charge in [-0.3, -0.25) is 9.59 Å². The summed E-state index contributed by atoms with van der Waals surface area (Å²) in [6, 6.07) is 11.7. The van der Waals surface area contributed by atoms with Crippen LogP contribution in [0, 0.1) is 11.7 Å². The number of aromatic nitrogens is 1. The number of nitrogens with zero attached hydrogens (tertiary/aromatic N) is 3. The summed E-state index contributed by atoms with van der Waals surface area (Å²) >= 11 is 0. The van der Waals surface area contributed by atoms with Gasteiger partial charge in [-0.15, -0.1) is 0 Å².